The maximum atomic E-state index is 10.7. The van der Waals surface area contributed by atoms with Crippen molar-refractivity contribution in [2.45, 2.75) is 6.04 Å². The van der Waals surface area contributed by atoms with E-state index in [0.717, 1.165) is 0 Å². The molecule has 1 aromatic heterocycles. The van der Waals surface area contributed by atoms with E-state index >= 15 is 0 Å². The molecule has 14 heavy (non-hydrogen) atoms. The van der Waals surface area contributed by atoms with Gasteiger partial charge in [-0.15, -0.1) is 0 Å². The molecule has 0 aliphatic carbocycles. The van der Waals surface area contributed by atoms with Crippen LogP contribution in [0.3, 0.4) is 0 Å². The van der Waals surface area contributed by atoms with Crippen molar-refractivity contribution in [1.82, 2.24) is 5.06 Å². The molecule has 1 atom stereocenters. The number of nitrogens with two attached hydrogens (primary N) is 1. The number of carbonyl (C=O) groups excluding carboxylic acids is 1. The Hall–Kier alpha value is -1.53. The van der Waals surface area contributed by atoms with Gasteiger partial charge < -0.3 is 14.9 Å². The first-order valence-electron chi connectivity index (χ1n) is 3.96. The summed E-state index contributed by atoms with van der Waals surface area (Å²) in [6.07, 6.45) is 1.44. The highest BCUT2D eigenvalue weighted by atomic mass is 16.5. The average Bonchev–Trinajstić information content (AvgIpc) is 2.65. The SMILES string of the molecule is COCC(c1ccco1)N(O)C(N)=O. The molecular weight excluding hydrogens is 188 g/mol. The molecule has 78 valence electrons. The van der Waals surface area contributed by atoms with Gasteiger partial charge in [0.1, 0.15) is 11.8 Å². The number of hydroxylamine groups is 2. The van der Waals surface area contributed by atoms with E-state index in [0.29, 0.717) is 10.8 Å². The molecule has 0 fully saturated rings. The Balaban J connectivity index is 2.79. The Labute approximate surface area is 80.8 Å². The molecule has 0 spiro atoms. The van der Waals surface area contributed by atoms with Crippen LogP contribution in [0.15, 0.2) is 22.8 Å². The minimum absolute atomic E-state index is 0.104. The fraction of sp³-hybridized carbons (Fsp3) is 0.375. The number of primary amides is 1. The topological polar surface area (TPSA) is 88.9 Å². The maximum absolute atomic E-state index is 10.7. The van der Waals surface area contributed by atoms with Gasteiger partial charge in [-0.3, -0.25) is 5.21 Å². The highest BCUT2D eigenvalue weighted by Gasteiger charge is 2.24. The molecule has 3 N–H and O–H groups in total. The quantitative estimate of drug-likeness (QED) is 0.554. The summed E-state index contributed by atoms with van der Waals surface area (Å²) in [5.74, 6) is 0.410. The monoisotopic (exact) mass is 200 g/mol. The highest BCUT2D eigenvalue weighted by molar-refractivity contribution is 5.71. The normalized spacial score (nSPS) is 12.4. The first kappa shape index (κ1) is 10.6. The molecule has 0 aliphatic rings. The van der Waals surface area contributed by atoms with E-state index in [1.807, 2.05) is 0 Å². The van der Waals surface area contributed by atoms with Crippen LogP contribution >= 0.6 is 0 Å². The third kappa shape index (κ3) is 2.24. The lowest BCUT2D eigenvalue weighted by Crippen LogP contribution is -2.37. The van der Waals surface area contributed by atoms with Crippen molar-refractivity contribution >= 4 is 6.03 Å². The van der Waals surface area contributed by atoms with Gasteiger partial charge in [0.25, 0.3) is 0 Å². The Bertz CT molecular complexity index is 286. The van der Waals surface area contributed by atoms with Crippen LogP contribution in [0.4, 0.5) is 4.79 Å². The van der Waals surface area contributed by atoms with Crippen LogP contribution in [0.1, 0.15) is 11.8 Å². The summed E-state index contributed by atoms with van der Waals surface area (Å²) in [6, 6.07) is 1.60. The van der Waals surface area contributed by atoms with Crippen LogP contribution in [0, 0.1) is 0 Å². The summed E-state index contributed by atoms with van der Waals surface area (Å²) in [5.41, 5.74) is 4.91. The van der Waals surface area contributed by atoms with Crippen LogP contribution in [-0.2, 0) is 4.74 Å². The fourth-order valence-corrected chi connectivity index (χ4v) is 1.07. The third-order valence-corrected chi connectivity index (χ3v) is 1.72. The van der Waals surface area contributed by atoms with E-state index in [9.17, 15) is 10.0 Å². The summed E-state index contributed by atoms with van der Waals surface area (Å²) in [6.45, 7) is 0.104. The summed E-state index contributed by atoms with van der Waals surface area (Å²) in [4.78, 5) is 10.7. The second-order valence-electron chi connectivity index (χ2n) is 2.67. The Morgan fingerprint density at radius 2 is 2.57 bits per heavy atom. The van der Waals surface area contributed by atoms with Crippen molar-refractivity contribution < 1.29 is 19.2 Å². The number of urea groups is 1. The molecule has 0 aromatic carbocycles. The summed E-state index contributed by atoms with van der Waals surface area (Å²) in [7, 11) is 1.45. The number of methoxy groups -OCH3 is 1. The molecule has 6 heteroatoms. The Morgan fingerprint density at radius 1 is 1.86 bits per heavy atom. The van der Waals surface area contributed by atoms with Gasteiger partial charge in [-0.1, -0.05) is 0 Å². The highest BCUT2D eigenvalue weighted by Crippen LogP contribution is 2.19. The maximum Gasteiger partial charge on any atom is 0.339 e. The average molecular weight is 200 g/mol. The molecule has 6 nitrogen and oxygen atoms in total. The molecule has 1 rings (SSSR count). The molecule has 0 bridgehead atoms. The van der Waals surface area contributed by atoms with E-state index < -0.39 is 12.1 Å². The van der Waals surface area contributed by atoms with Gasteiger partial charge in [-0.25, -0.2) is 4.79 Å². The minimum atomic E-state index is -0.955. The van der Waals surface area contributed by atoms with Gasteiger partial charge in [0.15, 0.2) is 0 Å². The lowest BCUT2D eigenvalue weighted by molar-refractivity contribution is -0.0994. The van der Waals surface area contributed by atoms with E-state index in [1.165, 1.54) is 13.4 Å². The smallest absolute Gasteiger partial charge is 0.339 e. The van der Waals surface area contributed by atoms with Crippen molar-refractivity contribution in [3.63, 3.8) is 0 Å². The molecular formula is C8H12N2O4. The van der Waals surface area contributed by atoms with Crippen molar-refractivity contribution in [2.75, 3.05) is 13.7 Å². The standard InChI is InChI=1S/C8H12N2O4/c1-13-5-6(10(12)8(9)11)7-3-2-4-14-7/h2-4,6,12H,5H2,1H3,(H2,9,11). The van der Waals surface area contributed by atoms with E-state index in [2.05, 4.69) is 0 Å². The van der Waals surface area contributed by atoms with Crippen molar-refractivity contribution in [1.29, 1.82) is 0 Å². The molecule has 0 saturated heterocycles. The molecule has 0 saturated carbocycles. The zero-order valence-corrected chi connectivity index (χ0v) is 7.71. The van der Waals surface area contributed by atoms with Crippen LogP contribution in [-0.4, -0.2) is 30.0 Å². The van der Waals surface area contributed by atoms with E-state index in [-0.39, 0.29) is 6.61 Å². The summed E-state index contributed by atoms with van der Waals surface area (Å²) in [5, 5.41) is 9.69. The molecule has 1 heterocycles. The van der Waals surface area contributed by atoms with Gasteiger partial charge in [0.05, 0.1) is 12.9 Å². The van der Waals surface area contributed by atoms with Crippen LogP contribution in [0.25, 0.3) is 0 Å². The first-order chi connectivity index (χ1) is 6.66. The van der Waals surface area contributed by atoms with Crippen molar-refractivity contribution in [3.8, 4) is 0 Å². The van der Waals surface area contributed by atoms with E-state index in [1.54, 1.807) is 12.1 Å². The number of carbonyl (C=O) groups is 1. The molecule has 2 amide bonds. The van der Waals surface area contributed by atoms with E-state index in [4.69, 9.17) is 14.9 Å². The summed E-state index contributed by atoms with van der Waals surface area (Å²) < 4.78 is 9.86. The lowest BCUT2D eigenvalue weighted by atomic mass is 10.2. The third-order valence-electron chi connectivity index (χ3n) is 1.72. The minimum Gasteiger partial charge on any atom is -0.467 e. The second-order valence-corrected chi connectivity index (χ2v) is 2.67. The number of amides is 2. The second kappa shape index (κ2) is 4.64. The molecule has 1 unspecified atom stereocenters. The van der Waals surface area contributed by atoms with Gasteiger partial charge in [-0.05, 0) is 12.1 Å². The molecule has 0 aliphatic heterocycles. The number of hydrogen-bond donors (Lipinski definition) is 2. The fourth-order valence-electron chi connectivity index (χ4n) is 1.07. The number of ether oxygens (including phenoxy) is 1. The van der Waals surface area contributed by atoms with Crippen molar-refractivity contribution in [2.24, 2.45) is 5.73 Å². The van der Waals surface area contributed by atoms with Gasteiger partial charge in [-0.2, -0.15) is 5.06 Å². The number of nitrogens with zero attached hydrogens (tertiary/aromatic N) is 1. The van der Waals surface area contributed by atoms with Gasteiger partial charge in [0.2, 0.25) is 0 Å². The number of rotatable bonds is 4. The van der Waals surface area contributed by atoms with Crippen LogP contribution < -0.4 is 5.73 Å². The van der Waals surface area contributed by atoms with Crippen molar-refractivity contribution in [3.05, 3.63) is 24.2 Å². The Morgan fingerprint density at radius 3 is 3.00 bits per heavy atom. The van der Waals surface area contributed by atoms with Crippen LogP contribution in [0.5, 0.6) is 0 Å². The van der Waals surface area contributed by atoms with Crippen LogP contribution in [0.2, 0.25) is 0 Å². The largest absolute Gasteiger partial charge is 0.467 e. The first-order valence-corrected chi connectivity index (χ1v) is 3.96. The predicted octanol–water partition coefficient (Wildman–Crippen LogP) is 0.737. The molecule has 1 aromatic rings. The van der Waals surface area contributed by atoms with Gasteiger partial charge in [0, 0.05) is 7.11 Å². The summed E-state index contributed by atoms with van der Waals surface area (Å²) >= 11 is 0. The van der Waals surface area contributed by atoms with Gasteiger partial charge >= 0.3 is 6.03 Å². The Kier molecular flexibility index (Phi) is 3.49. The zero-order valence-electron chi connectivity index (χ0n) is 7.71. The predicted molar refractivity (Wildman–Crippen MR) is 46.5 cm³/mol. The number of hydrogen-bond acceptors (Lipinski definition) is 4. The number of furan rings is 1. The lowest BCUT2D eigenvalue weighted by Gasteiger charge is -2.21. The zero-order chi connectivity index (χ0) is 10.6. The molecule has 0 radical (unpaired) electrons.